The Morgan fingerprint density at radius 1 is 1.17 bits per heavy atom. The molecule has 1 atom stereocenters. The van der Waals surface area contributed by atoms with Crippen molar-refractivity contribution in [3.05, 3.63) is 47.9 Å². The molecular weight excluding hydrogens is 409 g/mol. The third-order valence-corrected chi connectivity index (χ3v) is 4.93. The minimum atomic E-state index is -1.02. The topological polar surface area (TPSA) is 99.1 Å². The molecular formula is C20H28FN5OS2. The second-order valence-electron chi connectivity index (χ2n) is 5.23. The molecule has 0 bridgehead atoms. The highest BCUT2D eigenvalue weighted by Crippen LogP contribution is 2.29. The van der Waals surface area contributed by atoms with Crippen LogP contribution in [0.15, 0.2) is 41.4 Å². The number of aromatic nitrogens is 2. The molecule has 0 saturated carbocycles. The number of methoxy groups -OCH3 is 1. The number of hydrogen-bond acceptors (Lipinski definition) is 6. The van der Waals surface area contributed by atoms with E-state index in [0.717, 1.165) is 10.9 Å². The van der Waals surface area contributed by atoms with Gasteiger partial charge in [0.15, 0.2) is 5.65 Å². The molecule has 3 rings (SSSR count). The number of fused-ring (bicyclic) bond motifs is 1. The van der Waals surface area contributed by atoms with Crippen molar-refractivity contribution >= 4 is 43.2 Å². The van der Waals surface area contributed by atoms with Gasteiger partial charge in [0.05, 0.1) is 29.6 Å². The zero-order chi connectivity index (χ0) is 22.0. The Balaban J connectivity index is 0.000000989. The van der Waals surface area contributed by atoms with Gasteiger partial charge in [-0.25, -0.2) is 9.37 Å². The van der Waals surface area contributed by atoms with Gasteiger partial charge in [0.1, 0.15) is 5.82 Å². The summed E-state index contributed by atoms with van der Waals surface area (Å²) in [4.78, 5) is 8.83. The first-order valence-corrected chi connectivity index (χ1v) is 11.5. The number of anilines is 2. The highest BCUT2D eigenvalue weighted by atomic mass is 32.8. The number of nitrogens with two attached hydrogens (primary N) is 2. The van der Waals surface area contributed by atoms with Gasteiger partial charge in [-0.3, -0.25) is 5.14 Å². The molecule has 0 aliphatic rings. The van der Waals surface area contributed by atoms with E-state index in [1.165, 1.54) is 19.4 Å². The fourth-order valence-electron chi connectivity index (χ4n) is 2.39. The van der Waals surface area contributed by atoms with Gasteiger partial charge in [0.2, 0.25) is 5.88 Å². The number of halogens is 1. The fraction of sp³-hybridized carbons (Fsp3) is 0.300. The summed E-state index contributed by atoms with van der Waals surface area (Å²) in [5.41, 5.74) is 8.44. The van der Waals surface area contributed by atoms with Gasteiger partial charge in [-0.15, -0.1) is 0 Å². The summed E-state index contributed by atoms with van der Waals surface area (Å²) in [7, 11) is 0.515. The SMILES string of the molecule is CC.CC.COc1ccc2c(NCc3ccc(S(N)=S)c(F)c3)c(N)cnc2n1. The Kier molecular flexibility index (Phi) is 10.4. The maximum Gasteiger partial charge on any atom is 0.215 e. The summed E-state index contributed by atoms with van der Waals surface area (Å²) in [6.07, 6.45) is 1.53. The van der Waals surface area contributed by atoms with Gasteiger partial charge in [-0.05, 0) is 44.6 Å². The fourth-order valence-corrected chi connectivity index (χ4v) is 3.25. The summed E-state index contributed by atoms with van der Waals surface area (Å²) in [6, 6.07) is 8.37. The number of benzene rings is 1. The molecule has 0 saturated heterocycles. The zero-order valence-corrected chi connectivity index (χ0v) is 19.0. The lowest BCUT2D eigenvalue weighted by Gasteiger charge is -2.13. The summed E-state index contributed by atoms with van der Waals surface area (Å²) < 4.78 is 19.1. The van der Waals surface area contributed by atoms with Crippen LogP contribution in [-0.2, 0) is 27.4 Å². The van der Waals surface area contributed by atoms with E-state index in [1.54, 1.807) is 18.2 Å². The zero-order valence-electron chi connectivity index (χ0n) is 17.3. The van der Waals surface area contributed by atoms with E-state index in [2.05, 4.69) is 15.3 Å². The highest BCUT2D eigenvalue weighted by Gasteiger charge is 2.10. The normalized spacial score (nSPS) is 10.9. The molecule has 0 aliphatic carbocycles. The maximum atomic E-state index is 14.0. The van der Waals surface area contributed by atoms with Crippen molar-refractivity contribution in [2.45, 2.75) is 39.1 Å². The van der Waals surface area contributed by atoms with E-state index in [0.29, 0.717) is 34.3 Å². The minimum Gasteiger partial charge on any atom is -0.481 e. The number of nitrogen functional groups attached to an aromatic ring is 1. The first-order valence-electron chi connectivity index (χ1n) is 9.27. The Hall–Kier alpha value is -2.36. The van der Waals surface area contributed by atoms with E-state index in [4.69, 9.17) is 26.8 Å². The summed E-state index contributed by atoms with van der Waals surface area (Å²) in [5, 5.41) is 9.56. The Morgan fingerprint density at radius 3 is 2.45 bits per heavy atom. The number of pyridine rings is 2. The molecule has 1 aromatic carbocycles. The quantitative estimate of drug-likeness (QED) is 0.546. The lowest BCUT2D eigenvalue weighted by atomic mass is 10.2. The molecule has 158 valence electrons. The van der Waals surface area contributed by atoms with Crippen LogP contribution in [0, 0.1) is 5.82 Å². The van der Waals surface area contributed by atoms with Gasteiger partial charge in [0.25, 0.3) is 0 Å². The van der Waals surface area contributed by atoms with Crippen LogP contribution in [0.1, 0.15) is 33.3 Å². The van der Waals surface area contributed by atoms with Crippen LogP contribution in [-0.4, -0.2) is 17.1 Å². The first kappa shape index (κ1) is 24.7. The average molecular weight is 438 g/mol. The Morgan fingerprint density at radius 2 is 1.86 bits per heavy atom. The van der Waals surface area contributed by atoms with Crippen molar-refractivity contribution < 1.29 is 9.13 Å². The van der Waals surface area contributed by atoms with Crippen molar-refractivity contribution in [1.82, 2.24) is 9.97 Å². The molecule has 9 heteroatoms. The smallest absolute Gasteiger partial charge is 0.215 e. The van der Waals surface area contributed by atoms with Gasteiger partial charge >= 0.3 is 0 Å². The number of nitrogens with one attached hydrogen (secondary N) is 1. The van der Waals surface area contributed by atoms with E-state index >= 15 is 0 Å². The van der Waals surface area contributed by atoms with E-state index in [-0.39, 0.29) is 0 Å². The van der Waals surface area contributed by atoms with Crippen molar-refractivity contribution in [2.24, 2.45) is 5.14 Å². The third-order valence-electron chi connectivity index (χ3n) is 3.62. The molecule has 0 fully saturated rings. The molecule has 1 unspecified atom stereocenters. The lowest BCUT2D eigenvalue weighted by Crippen LogP contribution is -2.07. The highest BCUT2D eigenvalue weighted by molar-refractivity contribution is 8.27. The molecule has 0 radical (unpaired) electrons. The second-order valence-corrected chi connectivity index (χ2v) is 7.34. The third kappa shape index (κ3) is 6.31. The maximum absolute atomic E-state index is 14.0. The van der Waals surface area contributed by atoms with Crippen LogP contribution < -0.4 is 20.9 Å². The van der Waals surface area contributed by atoms with Gasteiger partial charge in [-0.1, -0.05) is 33.8 Å². The van der Waals surface area contributed by atoms with E-state index in [1.807, 2.05) is 33.8 Å². The molecule has 5 N–H and O–H groups in total. The van der Waals surface area contributed by atoms with Crippen LogP contribution >= 0.6 is 0 Å². The first-order chi connectivity index (χ1) is 14.0. The van der Waals surface area contributed by atoms with Crippen molar-refractivity contribution in [3.63, 3.8) is 0 Å². The molecule has 2 heterocycles. The van der Waals surface area contributed by atoms with Crippen molar-refractivity contribution in [1.29, 1.82) is 0 Å². The molecule has 0 amide bonds. The Labute approximate surface area is 178 Å². The minimum absolute atomic E-state index is 0.337. The van der Waals surface area contributed by atoms with Crippen LogP contribution in [0.4, 0.5) is 15.8 Å². The lowest BCUT2D eigenvalue weighted by molar-refractivity contribution is 0.399. The number of ether oxygens (including phenoxy) is 1. The van der Waals surface area contributed by atoms with Crippen LogP contribution in [0.3, 0.4) is 0 Å². The van der Waals surface area contributed by atoms with Crippen molar-refractivity contribution in [2.75, 3.05) is 18.2 Å². The van der Waals surface area contributed by atoms with Gasteiger partial charge in [-0.2, -0.15) is 4.98 Å². The standard InChI is InChI=1S/C16H16FN5OS2.2C2H6/c1-23-14-5-3-10-15(12(18)8-21-16(10)22-14)20-7-9-2-4-13(25(19)24)11(17)6-9;2*1-2/h2-6,8H,7,18-19H2,1H3,(H,20,21,22);2*1-2H3. The van der Waals surface area contributed by atoms with E-state index in [9.17, 15) is 4.39 Å². The number of hydrogen-bond donors (Lipinski definition) is 3. The largest absolute Gasteiger partial charge is 0.481 e. The van der Waals surface area contributed by atoms with Crippen molar-refractivity contribution in [3.8, 4) is 5.88 Å². The summed E-state index contributed by atoms with van der Waals surface area (Å²) in [5.74, 6) is 0.0635. The number of nitrogens with zero attached hydrogens (tertiary/aromatic N) is 2. The average Bonchev–Trinajstić information content (AvgIpc) is 2.75. The summed E-state index contributed by atoms with van der Waals surface area (Å²) in [6.45, 7) is 8.38. The Bertz CT molecular complexity index is 969. The van der Waals surface area contributed by atoms with E-state index < -0.39 is 15.5 Å². The molecule has 0 spiro atoms. The van der Waals surface area contributed by atoms with Gasteiger partial charge in [0, 0.05) is 18.0 Å². The predicted octanol–water partition coefficient (Wildman–Crippen LogP) is 4.34. The van der Waals surface area contributed by atoms with Crippen LogP contribution in [0.2, 0.25) is 0 Å². The van der Waals surface area contributed by atoms with Gasteiger partial charge < -0.3 is 15.8 Å². The predicted molar refractivity (Wildman–Crippen MR) is 124 cm³/mol. The molecule has 6 nitrogen and oxygen atoms in total. The second kappa shape index (κ2) is 12.3. The molecule has 0 aliphatic heterocycles. The summed E-state index contributed by atoms with van der Waals surface area (Å²) >= 11 is 4.92. The molecule has 3 aromatic rings. The van der Waals surface area contributed by atoms with Crippen LogP contribution in [0.5, 0.6) is 5.88 Å². The molecule has 2 aromatic heterocycles. The van der Waals surface area contributed by atoms with Crippen LogP contribution in [0.25, 0.3) is 11.0 Å². The molecule has 29 heavy (non-hydrogen) atoms. The monoisotopic (exact) mass is 437 g/mol. The number of rotatable bonds is 5.